The number of fused-ring (bicyclic) bond motifs is 1. The molecular weight excluding hydrogens is 240 g/mol. The zero-order chi connectivity index (χ0) is 13.4. The van der Waals surface area contributed by atoms with E-state index in [1.807, 2.05) is 13.8 Å². The summed E-state index contributed by atoms with van der Waals surface area (Å²) >= 11 is 0. The fourth-order valence-electron chi connectivity index (χ4n) is 2.87. The molecule has 1 aliphatic rings. The van der Waals surface area contributed by atoms with E-state index < -0.39 is 0 Å². The van der Waals surface area contributed by atoms with Crippen LogP contribution in [0.5, 0.6) is 0 Å². The van der Waals surface area contributed by atoms with Gasteiger partial charge in [-0.2, -0.15) is 0 Å². The van der Waals surface area contributed by atoms with Crippen molar-refractivity contribution in [1.29, 1.82) is 0 Å². The molecule has 2 aromatic heterocycles. The summed E-state index contributed by atoms with van der Waals surface area (Å²) in [6.07, 6.45) is 4.94. The van der Waals surface area contributed by atoms with Gasteiger partial charge < -0.3 is 9.84 Å². The SMILES string of the molecule is Cc1noc(C)c1C(C)Nc1ncnc2c1CCC2. The minimum absolute atomic E-state index is 0.130. The molecule has 2 aromatic rings. The number of anilines is 1. The smallest absolute Gasteiger partial charge is 0.139 e. The van der Waals surface area contributed by atoms with Crippen LogP contribution >= 0.6 is 0 Å². The molecule has 0 saturated heterocycles. The Kier molecular flexibility index (Phi) is 2.97. The Hall–Kier alpha value is -1.91. The lowest BCUT2D eigenvalue weighted by Crippen LogP contribution is -2.11. The molecule has 0 aliphatic heterocycles. The van der Waals surface area contributed by atoms with E-state index in [1.165, 1.54) is 17.7 Å². The average Bonchev–Trinajstić information content (AvgIpc) is 2.97. The third-order valence-corrected chi connectivity index (χ3v) is 3.75. The number of nitrogens with one attached hydrogen (secondary N) is 1. The van der Waals surface area contributed by atoms with Crippen molar-refractivity contribution < 1.29 is 4.52 Å². The number of nitrogens with zero attached hydrogens (tertiary/aromatic N) is 3. The van der Waals surface area contributed by atoms with Gasteiger partial charge in [-0.1, -0.05) is 5.16 Å². The van der Waals surface area contributed by atoms with Crippen molar-refractivity contribution >= 4 is 5.82 Å². The van der Waals surface area contributed by atoms with Gasteiger partial charge in [0.25, 0.3) is 0 Å². The summed E-state index contributed by atoms with van der Waals surface area (Å²) in [6.45, 7) is 6.02. The quantitative estimate of drug-likeness (QED) is 0.917. The zero-order valence-corrected chi connectivity index (χ0v) is 11.5. The van der Waals surface area contributed by atoms with E-state index >= 15 is 0 Å². The molecule has 0 amide bonds. The fraction of sp³-hybridized carbons (Fsp3) is 0.500. The van der Waals surface area contributed by atoms with Crippen LogP contribution < -0.4 is 5.32 Å². The monoisotopic (exact) mass is 258 g/mol. The molecule has 5 nitrogen and oxygen atoms in total. The fourth-order valence-corrected chi connectivity index (χ4v) is 2.87. The summed E-state index contributed by atoms with van der Waals surface area (Å²) in [7, 11) is 0. The van der Waals surface area contributed by atoms with Gasteiger partial charge in [0.2, 0.25) is 0 Å². The molecule has 1 aliphatic carbocycles. The molecule has 5 heteroatoms. The summed E-state index contributed by atoms with van der Waals surface area (Å²) in [5.41, 5.74) is 4.50. The highest BCUT2D eigenvalue weighted by Gasteiger charge is 2.21. The first-order valence-electron chi connectivity index (χ1n) is 6.69. The van der Waals surface area contributed by atoms with Gasteiger partial charge in [0, 0.05) is 16.8 Å². The maximum Gasteiger partial charge on any atom is 0.139 e. The molecule has 1 unspecified atom stereocenters. The van der Waals surface area contributed by atoms with Gasteiger partial charge in [-0.25, -0.2) is 9.97 Å². The summed E-state index contributed by atoms with van der Waals surface area (Å²) in [4.78, 5) is 8.73. The maximum absolute atomic E-state index is 5.22. The van der Waals surface area contributed by atoms with Crippen LogP contribution in [-0.4, -0.2) is 15.1 Å². The van der Waals surface area contributed by atoms with Gasteiger partial charge in [-0.3, -0.25) is 0 Å². The van der Waals surface area contributed by atoms with Crippen LogP contribution in [0.2, 0.25) is 0 Å². The topological polar surface area (TPSA) is 63.8 Å². The molecule has 19 heavy (non-hydrogen) atoms. The molecule has 1 atom stereocenters. The van der Waals surface area contributed by atoms with Crippen LogP contribution in [0.3, 0.4) is 0 Å². The lowest BCUT2D eigenvalue weighted by Gasteiger charge is -2.16. The molecule has 1 N–H and O–H groups in total. The molecule has 0 aromatic carbocycles. The van der Waals surface area contributed by atoms with Crippen molar-refractivity contribution in [2.24, 2.45) is 0 Å². The summed E-state index contributed by atoms with van der Waals surface area (Å²) in [5, 5.41) is 7.48. The Morgan fingerprint density at radius 1 is 1.26 bits per heavy atom. The first-order valence-corrected chi connectivity index (χ1v) is 6.69. The molecule has 100 valence electrons. The molecule has 0 bridgehead atoms. The number of aromatic nitrogens is 3. The van der Waals surface area contributed by atoms with Gasteiger partial charge >= 0.3 is 0 Å². The third-order valence-electron chi connectivity index (χ3n) is 3.75. The van der Waals surface area contributed by atoms with Gasteiger partial charge in [0.1, 0.15) is 17.9 Å². The summed E-state index contributed by atoms with van der Waals surface area (Å²) in [5.74, 6) is 1.82. The van der Waals surface area contributed by atoms with E-state index in [2.05, 4.69) is 27.4 Å². The number of aryl methyl sites for hydroxylation is 3. The average molecular weight is 258 g/mol. The highest BCUT2D eigenvalue weighted by Crippen LogP contribution is 2.29. The Labute approximate surface area is 112 Å². The molecule has 3 rings (SSSR count). The molecule has 0 saturated carbocycles. The van der Waals surface area contributed by atoms with E-state index in [0.717, 1.165) is 35.7 Å². The summed E-state index contributed by atoms with van der Waals surface area (Å²) < 4.78 is 5.22. The Morgan fingerprint density at radius 2 is 2.11 bits per heavy atom. The van der Waals surface area contributed by atoms with Crippen molar-refractivity contribution in [1.82, 2.24) is 15.1 Å². The lowest BCUT2D eigenvalue weighted by atomic mass is 10.1. The van der Waals surface area contributed by atoms with Crippen LogP contribution in [0.1, 0.15) is 47.7 Å². The highest BCUT2D eigenvalue weighted by atomic mass is 16.5. The Morgan fingerprint density at radius 3 is 2.84 bits per heavy atom. The van der Waals surface area contributed by atoms with E-state index in [1.54, 1.807) is 6.33 Å². The van der Waals surface area contributed by atoms with Gasteiger partial charge in [0.05, 0.1) is 11.7 Å². The normalized spacial score (nSPS) is 15.3. The van der Waals surface area contributed by atoms with E-state index in [9.17, 15) is 0 Å². The molecule has 2 heterocycles. The molecule has 0 radical (unpaired) electrons. The largest absolute Gasteiger partial charge is 0.363 e. The zero-order valence-electron chi connectivity index (χ0n) is 11.5. The van der Waals surface area contributed by atoms with Crippen molar-refractivity contribution in [3.05, 3.63) is 34.6 Å². The lowest BCUT2D eigenvalue weighted by molar-refractivity contribution is 0.392. The number of hydrogen-bond donors (Lipinski definition) is 1. The van der Waals surface area contributed by atoms with Gasteiger partial charge in [0.15, 0.2) is 0 Å². The first-order chi connectivity index (χ1) is 9.16. The standard InChI is InChI=1S/C14H18N4O/c1-8(13-9(2)18-19-10(13)3)17-14-11-5-4-6-12(11)15-7-16-14/h7-8H,4-6H2,1-3H3,(H,15,16,17). The molecule has 0 fully saturated rings. The van der Waals surface area contributed by atoms with E-state index in [-0.39, 0.29) is 6.04 Å². The second-order valence-electron chi connectivity index (χ2n) is 5.10. The van der Waals surface area contributed by atoms with Crippen molar-refractivity contribution in [2.75, 3.05) is 5.32 Å². The number of hydrogen-bond acceptors (Lipinski definition) is 5. The van der Waals surface area contributed by atoms with Crippen molar-refractivity contribution in [3.63, 3.8) is 0 Å². The van der Waals surface area contributed by atoms with Crippen LogP contribution in [0.4, 0.5) is 5.82 Å². The van der Waals surface area contributed by atoms with Crippen LogP contribution in [0.25, 0.3) is 0 Å². The van der Waals surface area contributed by atoms with E-state index in [4.69, 9.17) is 4.52 Å². The van der Waals surface area contributed by atoms with Gasteiger partial charge in [-0.05, 0) is 40.0 Å². The third kappa shape index (κ3) is 2.09. The van der Waals surface area contributed by atoms with Crippen LogP contribution in [0, 0.1) is 13.8 Å². The summed E-state index contributed by atoms with van der Waals surface area (Å²) in [6, 6.07) is 0.130. The molecule has 0 spiro atoms. The van der Waals surface area contributed by atoms with E-state index in [0.29, 0.717) is 0 Å². The second-order valence-corrected chi connectivity index (χ2v) is 5.10. The maximum atomic E-state index is 5.22. The second kappa shape index (κ2) is 4.64. The highest BCUT2D eigenvalue weighted by molar-refractivity contribution is 5.50. The minimum atomic E-state index is 0.130. The van der Waals surface area contributed by atoms with Crippen LogP contribution in [-0.2, 0) is 12.8 Å². The predicted molar refractivity (Wildman–Crippen MR) is 72.1 cm³/mol. The minimum Gasteiger partial charge on any atom is -0.363 e. The van der Waals surface area contributed by atoms with Crippen molar-refractivity contribution in [2.45, 2.75) is 46.1 Å². The first kappa shape index (κ1) is 12.1. The Bertz CT molecular complexity index is 586. The Balaban J connectivity index is 1.88. The van der Waals surface area contributed by atoms with Gasteiger partial charge in [-0.15, -0.1) is 0 Å². The van der Waals surface area contributed by atoms with Crippen molar-refractivity contribution in [3.8, 4) is 0 Å². The molecular formula is C14H18N4O. The van der Waals surface area contributed by atoms with Crippen LogP contribution in [0.15, 0.2) is 10.9 Å². The predicted octanol–water partition coefficient (Wildman–Crippen LogP) is 2.74. The number of rotatable bonds is 3.